The minimum atomic E-state index is -0.128. The molecule has 1 aromatic carbocycles. The summed E-state index contributed by atoms with van der Waals surface area (Å²) >= 11 is 3.41. The maximum absolute atomic E-state index is 12.0. The van der Waals surface area contributed by atoms with Gasteiger partial charge in [-0.2, -0.15) is 0 Å². The summed E-state index contributed by atoms with van der Waals surface area (Å²) in [4.78, 5) is 12.0. The van der Waals surface area contributed by atoms with Crippen molar-refractivity contribution < 1.29 is 4.79 Å². The van der Waals surface area contributed by atoms with Crippen molar-refractivity contribution in [3.05, 3.63) is 34.3 Å². The van der Waals surface area contributed by atoms with Gasteiger partial charge < -0.3 is 11.1 Å². The van der Waals surface area contributed by atoms with E-state index < -0.39 is 0 Å². The lowest BCUT2D eigenvalue weighted by Crippen LogP contribution is -2.51. The predicted octanol–water partition coefficient (Wildman–Crippen LogP) is 3.19. The van der Waals surface area contributed by atoms with Gasteiger partial charge in [-0.05, 0) is 37.0 Å². The number of carbonyl (C=O) groups is 1. The lowest BCUT2D eigenvalue weighted by Gasteiger charge is -2.28. The van der Waals surface area contributed by atoms with Gasteiger partial charge in [-0.25, -0.2) is 0 Å². The largest absolute Gasteiger partial charge is 0.349 e. The van der Waals surface area contributed by atoms with Crippen LogP contribution in [0.25, 0.3) is 0 Å². The van der Waals surface area contributed by atoms with Crippen molar-refractivity contribution in [2.24, 2.45) is 5.73 Å². The first-order chi connectivity index (χ1) is 9.13. The second kappa shape index (κ2) is 8.01. The van der Waals surface area contributed by atoms with Crippen molar-refractivity contribution >= 4 is 34.2 Å². The first-order valence-electron chi connectivity index (χ1n) is 6.89. The molecule has 0 aromatic heterocycles. The molecule has 0 spiro atoms. The normalized spacial score (nSPS) is 16.5. The Morgan fingerprint density at radius 1 is 1.25 bits per heavy atom. The molecule has 0 aliphatic heterocycles. The monoisotopic (exact) mass is 360 g/mol. The third-order valence-corrected chi connectivity index (χ3v) is 4.44. The molecule has 5 heteroatoms. The van der Waals surface area contributed by atoms with Crippen molar-refractivity contribution in [3.8, 4) is 0 Å². The summed E-state index contributed by atoms with van der Waals surface area (Å²) in [5.41, 5.74) is 6.88. The molecule has 20 heavy (non-hydrogen) atoms. The van der Waals surface area contributed by atoms with E-state index in [9.17, 15) is 4.79 Å². The quantitative estimate of drug-likeness (QED) is 0.846. The molecule has 1 aromatic rings. The second-order valence-corrected chi connectivity index (χ2v) is 6.28. The molecule has 3 N–H and O–H groups in total. The average Bonchev–Trinajstić information content (AvgIpc) is 2.87. The first kappa shape index (κ1) is 17.5. The molecule has 0 bridgehead atoms. The summed E-state index contributed by atoms with van der Waals surface area (Å²) in [6.45, 7) is 0.553. The van der Waals surface area contributed by atoms with Crippen molar-refractivity contribution in [1.29, 1.82) is 0 Å². The van der Waals surface area contributed by atoms with Gasteiger partial charge in [0.25, 0.3) is 0 Å². The number of aryl methyl sites for hydroxylation is 1. The van der Waals surface area contributed by atoms with Gasteiger partial charge >= 0.3 is 0 Å². The Kier molecular flexibility index (Phi) is 7.00. The van der Waals surface area contributed by atoms with E-state index in [0.29, 0.717) is 13.0 Å². The summed E-state index contributed by atoms with van der Waals surface area (Å²) in [5, 5.41) is 3.15. The maximum Gasteiger partial charge on any atom is 0.220 e. The first-order valence-corrected chi connectivity index (χ1v) is 7.68. The minimum absolute atomic E-state index is 0. The Hall–Kier alpha value is -0.580. The molecule has 0 unspecified atom stereocenters. The van der Waals surface area contributed by atoms with E-state index in [1.165, 1.54) is 18.4 Å². The third-order valence-electron chi connectivity index (χ3n) is 3.91. The summed E-state index contributed by atoms with van der Waals surface area (Å²) in [6.07, 6.45) is 5.69. The zero-order chi connectivity index (χ0) is 13.7. The van der Waals surface area contributed by atoms with Crippen LogP contribution >= 0.6 is 28.3 Å². The summed E-state index contributed by atoms with van der Waals surface area (Å²) < 4.78 is 1.06. The van der Waals surface area contributed by atoms with E-state index >= 15 is 0 Å². The Morgan fingerprint density at radius 2 is 1.85 bits per heavy atom. The zero-order valence-corrected chi connectivity index (χ0v) is 13.9. The van der Waals surface area contributed by atoms with Gasteiger partial charge in [0.1, 0.15) is 0 Å². The van der Waals surface area contributed by atoms with Crippen molar-refractivity contribution in [2.45, 2.75) is 44.1 Å². The summed E-state index contributed by atoms with van der Waals surface area (Å²) in [5.74, 6) is 0.121. The molecule has 1 saturated carbocycles. The Labute approximate surface area is 135 Å². The van der Waals surface area contributed by atoms with E-state index in [1.54, 1.807) is 0 Å². The Bertz CT molecular complexity index is 430. The highest BCUT2D eigenvalue weighted by molar-refractivity contribution is 9.10. The molecule has 1 fully saturated rings. The number of rotatable bonds is 5. The molecule has 0 heterocycles. The summed E-state index contributed by atoms with van der Waals surface area (Å²) in [7, 11) is 0. The molecule has 1 amide bonds. The van der Waals surface area contributed by atoms with Crippen LogP contribution in [0.15, 0.2) is 28.7 Å². The number of amides is 1. The van der Waals surface area contributed by atoms with Gasteiger partial charge in [-0.1, -0.05) is 40.9 Å². The van der Waals surface area contributed by atoms with Crippen LogP contribution in [0.4, 0.5) is 0 Å². The van der Waals surface area contributed by atoms with Crippen LogP contribution < -0.4 is 11.1 Å². The summed E-state index contributed by atoms with van der Waals surface area (Å²) in [6, 6.07) is 8.11. The predicted molar refractivity (Wildman–Crippen MR) is 88.1 cm³/mol. The molecular formula is C15H22BrClN2O. The van der Waals surface area contributed by atoms with E-state index in [1.807, 2.05) is 24.3 Å². The highest BCUT2D eigenvalue weighted by atomic mass is 79.9. The van der Waals surface area contributed by atoms with Gasteiger partial charge in [-0.3, -0.25) is 4.79 Å². The minimum Gasteiger partial charge on any atom is -0.349 e. The number of nitrogens with two attached hydrogens (primary N) is 1. The SMILES string of the molecule is Cl.NCC1(NC(=O)CCc2ccc(Br)cc2)CCCC1. The third kappa shape index (κ3) is 4.76. The standard InChI is InChI=1S/C15H21BrN2O.ClH/c16-13-6-3-12(4-7-13)5-8-14(19)18-15(11-17)9-1-2-10-15;/h3-4,6-7H,1-2,5,8-11,17H2,(H,18,19);1H. The highest BCUT2D eigenvalue weighted by Crippen LogP contribution is 2.28. The van der Waals surface area contributed by atoms with Crippen LogP contribution in [0.1, 0.15) is 37.7 Å². The molecule has 112 valence electrons. The fraction of sp³-hybridized carbons (Fsp3) is 0.533. The smallest absolute Gasteiger partial charge is 0.220 e. The number of halogens is 2. The van der Waals surface area contributed by atoms with E-state index in [4.69, 9.17) is 5.73 Å². The van der Waals surface area contributed by atoms with Crippen molar-refractivity contribution in [2.75, 3.05) is 6.54 Å². The number of hydrogen-bond acceptors (Lipinski definition) is 2. The van der Waals surface area contributed by atoms with E-state index in [0.717, 1.165) is 23.7 Å². The average molecular weight is 362 g/mol. The van der Waals surface area contributed by atoms with Crippen LogP contribution in [0, 0.1) is 0 Å². The van der Waals surface area contributed by atoms with Crippen LogP contribution in [-0.4, -0.2) is 18.0 Å². The molecule has 2 rings (SSSR count). The van der Waals surface area contributed by atoms with E-state index in [-0.39, 0.29) is 23.9 Å². The second-order valence-electron chi connectivity index (χ2n) is 5.37. The number of benzene rings is 1. The number of hydrogen-bond donors (Lipinski definition) is 2. The lowest BCUT2D eigenvalue weighted by atomic mass is 9.97. The molecular weight excluding hydrogens is 340 g/mol. The number of carbonyl (C=O) groups excluding carboxylic acids is 1. The van der Waals surface area contributed by atoms with Gasteiger partial charge in [0.15, 0.2) is 0 Å². The fourth-order valence-corrected chi connectivity index (χ4v) is 2.96. The molecule has 0 saturated heterocycles. The van der Waals surface area contributed by atoms with Gasteiger partial charge in [-0.15, -0.1) is 12.4 Å². The maximum atomic E-state index is 12.0. The fourth-order valence-electron chi connectivity index (χ4n) is 2.70. The zero-order valence-electron chi connectivity index (χ0n) is 11.5. The van der Waals surface area contributed by atoms with Crippen LogP contribution in [0.5, 0.6) is 0 Å². The number of nitrogens with one attached hydrogen (secondary N) is 1. The Morgan fingerprint density at radius 3 is 2.40 bits per heavy atom. The molecule has 0 radical (unpaired) electrons. The van der Waals surface area contributed by atoms with Crippen molar-refractivity contribution in [1.82, 2.24) is 5.32 Å². The Balaban J connectivity index is 0.00000200. The molecule has 3 nitrogen and oxygen atoms in total. The molecule has 1 aliphatic rings. The topological polar surface area (TPSA) is 55.1 Å². The van der Waals surface area contributed by atoms with Gasteiger partial charge in [0.05, 0.1) is 5.54 Å². The molecule has 0 atom stereocenters. The van der Waals surface area contributed by atoms with Crippen molar-refractivity contribution in [3.63, 3.8) is 0 Å². The van der Waals surface area contributed by atoms with Crippen LogP contribution in [0.2, 0.25) is 0 Å². The lowest BCUT2D eigenvalue weighted by molar-refractivity contribution is -0.122. The van der Waals surface area contributed by atoms with Crippen LogP contribution in [0.3, 0.4) is 0 Å². The van der Waals surface area contributed by atoms with Gasteiger partial charge in [0, 0.05) is 17.4 Å². The van der Waals surface area contributed by atoms with E-state index in [2.05, 4.69) is 21.2 Å². The van der Waals surface area contributed by atoms with Crippen LogP contribution in [-0.2, 0) is 11.2 Å². The van der Waals surface area contributed by atoms with Gasteiger partial charge in [0.2, 0.25) is 5.91 Å². The highest BCUT2D eigenvalue weighted by Gasteiger charge is 2.33. The molecule has 1 aliphatic carbocycles.